The van der Waals surface area contributed by atoms with Gasteiger partial charge in [-0.1, -0.05) is 29.3 Å². The fraction of sp³-hybridized carbons (Fsp3) is 0. The average molecular weight is 241 g/mol. The van der Waals surface area contributed by atoms with E-state index in [1.807, 2.05) is 0 Å². The first-order valence-electron chi connectivity index (χ1n) is 4.14. The third kappa shape index (κ3) is 2.03. The molecule has 0 spiro atoms. The van der Waals surface area contributed by atoms with Crippen LogP contribution in [-0.4, -0.2) is 15.1 Å². The molecule has 0 aliphatic carbocycles. The van der Waals surface area contributed by atoms with E-state index in [0.717, 1.165) is 0 Å². The lowest BCUT2D eigenvalue weighted by atomic mass is 10.2. The molecular weight excluding hydrogens is 235 g/mol. The molecule has 2 rings (SSSR count). The third-order valence-electron chi connectivity index (χ3n) is 1.82. The molecule has 5 heteroatoms. The van der Waals surface area contributed by atoms with Crippen molar-refractivity contribution in [3.8, 4) is 17.1 Å². The van der Waals surface area contributed by atoms with Gasteiger partial charge in [0.25, 0.3) is 0 Å². The van der Waals surface area contributed by atoms with E-state index in [1.54, 1.807) is 18.2 Å². The summed E-state index contributed by atoms with van der Waals surface area (Å²) in [6, 6.07) is 5.16. The van der Waals surface area contributed by atoms with E-state index in [2.05, 4.69) is 9.97 Å². The van der Waals surface area contributed by atoms with Crippen molar-refractivity contribution in [1.29, 1.82) is 0 Å². The predicted octanol–water partition coefficient (Wildman–Crippen LogP) is 3.16. The fourth-order valence-electron chi connectivity index (χ4n) is 1.16. The zero-order chi connectivity index (χ0) is 10.8. The van der Waals surface area contributed by atoms with Crippen molar-refractivity contribution in [2.45, 2.75) is 0 Å². The van der Waals surface area contributed by atoms with E-state index in [1.165, 1.54) is 12.4 Å². The van der Waals surface area contributed by atoms with E-state index < -0.39 is 0 Å². The number of nitrogens with zero attached hydrogens (tertiary/aromatic N) is 2. The van der Waals surface area contributed by atoms with Gasteiger partial charge in [-0.05, 0) is 12.1 Å². The van der Waals surface area contributed by atoms with Crippen molar-refractivity contribution in [1.82, 2.24) is 9.97 Å². The second kappa shape index (κ2) is 4.04. The Balaban J connectivity index is 2.58. The summed E-state index contributed by atoms with van der Waals surface area (Å²) in [5, 5.41) is 10.0. The van der Waals surface area contributed by atoms with Gasteiger partial charge in [0.05, 0.1) is 28.0 Å². The van der Waals surface area contributed by atoms with E-state index in [0.29, 0.717) is 21.4 Å². The summed E-state index contributed by atoms with van der Waals surface area (Å²) in [4.78, 5) is 7.88. The molecular formula is C10H6Cl2N2O. The summed E-state index contributed by atoms with van der Waals surface area (Å²) >= 11 is 12.0. The van der Waals surface area contributed by atoms with Crippen molar-refractivity contribution < 1.29 is 5.11 Å². The van der Waals surface area contributed by atoms with Crippen LogP contribution in [0.15, 0.2) is 30.6 Å². The maximum atomic E-state index is 9.05. The molecule has 0 amide bonds. The minimum Gasteiger partial charge on any atom is -0.505 e. The van der Waals surface area contributed by atoms with Crippen molar-refractivity contribution in [2.75, 3.05) is 0 Å². The molecule has 1 aromatic carbocycles. The van der Waals surface area contributed by atoms with Crippen molar-refractivity contribution in [2.24, 2.45) is 0 Å². The molecule has 0 aliphatic heterocycles. The molecule has 2 aromatic rings. The van der Waals surface area contributed by atoms with Gasteiger partial charge in [-0.2, -0.15) is 0 Å². The summed E-state index contributed by atoms with van der Waals surface area (Å²) in [6.07, 6.45) is 2.59. The molecule has 0 radical (unpaired) electrons. The highest BCUT2D eigenvalue weighted by Crippen LogP contribution is 2.32. The Morgan fingerprint density at radius 2 is 1.53 bits per heavy atom. The van der Waals surface area contributed by atoms with E-state index in [9.17, 15) is 0 Å². The predicted molar refractivity (Wildman–Crippen MR) is 59.2 cm³/mol. The minimum absolute atomic E-state index is 0.00178. The van der Waals surface area contributed by atoms with Crippen LogP contribution < -0.4 is 0 Å². The maximum Gasteiger partial charge on any atom is 0.162 e. The minimum atomic E-state index is 0.00178. The molecule has 0 unspecified atom stereocenters. The van der Waals surface area contributed by atoms with E-state index in [-0.39, 0.29) is 5.75 Å². The van der Waals surface area contributed by atoms with Gasteiger partial charge in [0.2, 0.25) is 0 Å². The molecule has 0 saturated carbocycles. The average Bonchev–Trinajstić information content (AvgIpc) is 2.20. The van der Waals surface area contributed by atoms with Crippen LogP contribution in [0.2, 0.25) is 10.0 Å². The maximum absolute atomic E-state index is 9.05. The molecule has 1 heterocycles. The highest BCUT2D eigenvalue weighted by molar-refractivity contribution is 6.38. The van der Waals surface area contributed by atoms with Crippen LogP contribution in [0.5, 0.6) is 5.75 Å². The third-order valence-corrected chi connectivity index (χ3v) is 2.45. The first-order valence-corrected chi connectivity index (χ1v) is 4.89. The molecule has 3 nitrogen and oxygen atoms in total. The highest BCUT2D eigenvalue weighted by Gasteiger charge is 2.10. The number of halogens is 2. The van der Waals surface area contributed by atoms with Gasteiger partial charge in [-0.3, -0.25) is 0 Å². The Labute approximate surface area is 96.3 Å². The second-order valence-corrected chi connectivity index (χ2v) is 3.68. The van der Waals surface area contributed by atoms with Crippen LogP contribution in [0.4, 0.5) is 0 Å². The van der Waals surface area contributed by atoms with Gasteiger partial charge in [0.15, 0.2) is 11.6 Å². The Morgan fingerprint density at radius 3 is 2.07 bits per heavy atom. The molecule has 15 heavy (non-hydrogen) atoms. The van der Waals surface area contributed by atoms with Crippen LogP contribution in [0.1, 0.15) is 0 Å². The van der Waals surface area contributed by atoms with Gasteiger partial charge in [0.1, 0.15) is 0 Å². The Kier molecular flexibility index (Phi) is 2.75. The molecule has 0 saturated heterocycles. The summed E-state index contributed by atoms with van der Waals surface area (Å²) in [7, 11) is 0. The monoisotopic (exact) mass is 240 g/mol. The van der Waals surface area contributed by atoms with Crippen LogP contribution in [-0.2, 0) is 0 Å². The lowest BCUT2D eigenvalue weighted by Gasteiger charge is -2.04. The zero-order valence-electron chi connectivity index (χ0n) is 7.48. The SMILES string of the molecule is Oc1cnc(-c2c(Cl)cccc2Cl)nc1. The van der Waals surface area contributed by atoms with Gasteiger partial charge < -0.3 is 5.11 Å². The topological polar surface area (TPSA) is 46.0 Å². The van der Waals surface area contributed by atoms with Crippen molar-refractivity contribution in [3.63, 3.8) is 0 Å². The van der Waals surface area contributed by atoms with E-state index >= 15 is 0 Å². The molecule has 0 atom stereocenters. The summed E-state index contributed by atoms with van der Waals surface area (Å²) in [5.74, 6) is 0.394. The smallest absolute Gasteiger partial charge is 0.162 e. The summed E-state index contributed by atoms with van der Waals surface area (Å²) in [5.41, 5.74) is 0.570. The first-order chi connectivity index (χ1) is 7.18. The molecule has 0 fully saturated rings. The number of aromatic hydroxyl groups is 1. The fourth-order valence-corrected chi connectivity index (χ4v) is 1.73. The Bertz CT molecular complexity index is 465. The highest BCUT2D eigenvalue weighted by atomic mass is 35.5. The lowest BCUT2D eigenvalue weighted by molar-refractivity contribution is 0.470. The summed E-state index contributed by atoms with van der Waals surface area (Å²) in [6.45, 7) is 0. The lowest BCUT2D eigenvalue weighted by Crippen LogP contribution is -1.89. The van der Waals surface area contributed by atoms with Crippen LogP contribution in [0.3, 0.4) is 0 Å². The standard InChI is InChI=1S/C10H6Cl2N2O/c11-7-2-1-3-8(12)9(7)10-13-4-6(15)5-14-10/h1-5,15H. The molecule has 1 aromatic heterocycles. The number of aromatic nitrogens is 2. The van der Waals surface area contributed by atoms with Gasteiger partial charge in [-0.25, -0.2) is 9.97 Å². The Hall–Kier alpha value is -1.32. The van der Waals surface area contributed by atoms with Gasteiger partial charge >= 0.3 is 0 Å². The molecule has 76 valence electrons. The number of hydrogen-bond acceptors (Lipinski definition) is 3. The van der Waals surface area contributed by atoms with Crippen molar-refractivity contribution >= 4 is 23.2 Å². The van der Waals surface area contributed by atoms with Gasteiger partial charge in [0, 0.05) is 0 Å². The van der Waals surface area contributed by atoms with Crippen LogP contribution >= 0.6 is 23.2 Å². The van der Waals surface area contributed by atoms with Crippen LogP contribution in [0.25, 0.3) is 11.4 Å². The molecule has 0 aliphatic rings. The normalized spacial score (nSPS) is 10.3. The van der Waals surface area contributed by atoms with Crippen molar-refractivity contribution in [3.05, 3.63) is 40.6 Å². The zero-order valence-corrected chi connectivity index (χ0v) is 9.00. The summed E-state index contributed by atoms with van der Waals surface area (Å²) < 4.78 is 0. The molecule has 0 bridgehead atoms. The van der Waals surface area contributed by atoms with E-state index in [4.69, 9.17) is 28.3 Å². The first kappa shape index (κ1) is 10.2. The molecule has 1 N–H and O–H groups in total. The number of benzene rings is 1. The quantitative estimate of drug-likeness (QED) is 0.833. The Morgan fingerprint density at radius 1 is 1.00 bits per heavy atom. The van der Waals surface area contributed by atoms with Gasteiger partial charge in [-0.15, -0.1) is 0 Å². The number of rotatable bonds is 1. The number of hydrogen-bond donors (Lipinski definition) is 1. The largest absolute Gasteiger partial charge is 0.505 e. The second-order valence-electron chi connectivity index (χ2n) is 2.86. The van der Waals surface area contributed by atoms with Crippen LogP contribution in [0, 0.1) is 0 Å².